The molecule has 4 heteroatoms. The van der Waals surface area contributed by atoms with Crippen LogP contribution in [0.1, 0.15) is 36.3 Å². The Bertz CT molecular complexity index is 493. The van der Waals surface area contributed by atoms with Crippen LogP contribution in [0.15, 0.2) is 30.7 Å². The van der Waals surface area contributed by atoms with E-state index < -0.39 is 6.10 Å². The minimum atomic E-state index is -0.632. The van der Waals surface area contributed by atoms with Gasteiger partial charge in [0.1, 0.15) is 6.10 Å². The minimum absolute atomic E-state index is 0.632. The van der Waals surface area contributed by atoms with Crippen molar-refractivity contribution in [1.82, 2.24) is 14.8 Å². The Morgan fingerprint density at radius 1 is 1.35 bits per heavy atom. The van der Waals surface area contributed by atoms with Gasteiger partial charge in [-0.05, 0) is 36.6 Å². The van der Waals surface area contributed by atoms with Gasteiger partial charge in [0.15, 0.2) is 0 Å². The maximum atomic E-state index is 10.4. The van der Waals surface area contributed by atoms with Crippen LogP contribution in [0, 0.1) is 6.92 Å². The van der Waals surface area contributed by atoms with E-state index in [-0.39, 0.29) is 0 Å². The Hall–Kier alpha value is -1.68. The first-order chi connectivity index (χ1) is 8.24. The highest BCUT2D eigenvalue weighted by molar-refractivity contribution is 5.30. The van der Waals surface area contributed by atoms with E-state index in [1.165, 1.54) is 0 Å². The third-order valence-electron chi connectivity index (χ3n) is 2.82. The summed E-state index contributed by atoms with van der Waals surface area (Å²) in [6.45, 7) is 4.87. The normalized spacial score (nSPS) is 12.6. The molecule has 0 aliphatic carbocycles. The lowest BCUT2D eigenvalue weighted by atomic mass is 10.0. The number of hydrogen-bond acceptors (Lipinski definition) is 3. The summed E-state index contributed by atoms with van der Waals surface area (Å²) in [6, 6.07) is 3.71. The fraction of sp³-hybridized carbons (Fsp3) is 0.385. The predicted octanol–water partition coefficient (Wildman–Crippen LogP) is 2.08. The number of aromatic nitrogens is 3. The molecule has 0 bridgehead atoms. The van der Waals surface area contributed by atoms with E-state index in [1.807, 2.05) is 23.7 Å². The molecule has 4 nitrogen and oxygen atoms in total. The van der Waals surface area contributed by atoms with Gasteiger partial charge in [-0.3, -0.25) is 9.67 Å². The van der Waals surface area contributed by atoms with Crippen molar-refractivity contribution in [1.29, 1.82) is 0 Å². The second-order valence-corrected chi connectivity index (χ2v) is 4.11. The van der Waals surface area contributed by atoms with E-state index in [9.17, 15) is 5.11 Å². The third-order valence-corrected chi connectivity index (χ3v) is 2.82. The van der Waals surface area contributed by atoms with Crippen molar-refractivity contribution in [2.75, 3.05) is 0 Å². The Labute approximate surface area is 101 Å². The first kappa shape index (κ1) is 11.8. The van der Waals surface area contributed by atoms with Gasteiger partial charge < -0.3 is 5.11 Å². The van der Waals surface area contributed by atoms with Crippen LogP contribution in [0.5, 0.6) is 0 Å². The second kappa shape index (κ2) is 5.10. The van der Waals surface area contributed by atoms with Crippen LogP contribution in [0.3, 0.4) is 0 Å². The van der Waals surface area contributed by atoms with Crippen molar-refractivity contribution in [2.45, 2.75) is 32.9 Å². The molecule has 0 spiro atoms. The summed E-state index contributed by atoms with van der Waals surface area (Å²) in [5, 5.41) is 14.6. The monoisotopic (exact) mass is 231 g/mol. The summed E-state index contributed by atoms with van der Waals surface area (Å²) >= 11 is 0. The molecule has 90 valence electrons. The highest BCUT2D eigenvalue weighted by atomic mass is 16.3. The van der Waals surface area contributed by atoms with Gasteiger partial charge in [-0.15, -0.1) is 0 Å². The lowest BCUT2D eigenvalue weighted by Crippen LogP contribution is -2.11. The first-order valence-corrected chi connectivity index (χ1v) is 5.84. The zero-order valence-electron chi connectivity index (χ0n) is 10.2. The molecule has 0 saturated carbocycles. The molecule has 1 unspecified atom stereocenters. The van der Waals surface area contributed by atoms with Crippen molar-refractivity contribution in [3.05, 3.63) is 47.5 Å². The van der Waals surface area contributed by atoms with Gasteiger partial charge >= 0.3 is 0 Å². The summed E-state index contributed by atoms with van der Waals surface area (Å²) in [4.78, 5) is 4.03. The SMILES string of the molecule is CCCn1nccc1C(O)c1ccncc1C. The lowest BCUT2D eigenvalue weighted by Gasteiger charge is -2.15. The molecule has 0 aliphatic rings. The Kier molecular flexibility index (Phi) is 3.54. The molecule has 0 saturated heterocycles. The van der Waals surface area contributed by atoms with Crippen LogP contribution >= 0.6 is 0 Å². The first-order valence-electron chi connectivity index (χ1n) is 5.84. The fourth-order valence-electron chi connectivity index (χ4n) is 1.92. The second-order valence-electron chi connectivity index (χ2n) is 4.11. The average Bonchev–Trinajstić information content (AvgIpc) is 2.78. The van der Waals surface area contributed by atoms with E-state index in [4.69, 9.17) is 0 Å². The molecule has 0 radical (unpaired) electrons. The Morgan fingerprint density at radius 2 is 2.18 bits per heavy atom. The van der Waals surface area contributed by atoms with E-state index in [1.54, 1.807) is 18.6 Å². The zero-order valence-corrected chi connectivity index (χ0v) is 10.2. The van der Waals surface area contributed by atoms with Gasteiger partial charge in [-0.2, -0.15) is 5.10 Å². The molecule has 0 amide bonds. The highest BCUT2D eigenvalue weighted by Gasteiger charge is 2.16. The van der Waals surface area contributed by atoms with Crippen molar-refractivity contribution < 1.29 is 5.11 Å². The van der Waals surface area contributed by atoms with Gasteiger partial charge in [0.25, 0.3) is 0 Å². The standard InChI is InChI=1S/C13H17N3O/c1-3-8-16-12(5-7-15-16)13(17)11-4-6-14-9-10(11)2/h4-7,9,13,17H,3,8H2,1-2H3. The average molecular weight is 231 g/mol. The highest BCUT2D eigenvalue weighted by Crippen LogP contribution is 2.23. The Morgan fingerprint density at radius 3 is 2.88 bits per heavy atom. The van der Waals surface area contributed by atoms with Crippen LogP contribution in [-0.4, -0.2) is 19.9 Å². The van der Waals surface area contributed by atoms with E-state index in [0.29, 0.717) is 0 Å². The van der Waals surface area contributed by atoms with Crippen LogP contribution in [0.25, 0.3) is 0 Å². The number of pyridine rings is 1. The zero-order chi connectivity index (χ0) is 12.3. The molecular formula is C13H17N3O. The molecule has 17 heavy (non-hydrogen) atoms. The number of rotatable bonds is 4. The maximum Gasteiger partial charge on any atom is 0.121 e. The summed E-state index contributed by atoms with van der Waals surface area (Å²) in [5.74, 6) is 0. The number of aliphatic hydroxyl groups excluding tert-OH is 1. The fourth-order valence-corrected chi connectivity index (χ4v) is 1.92. The molecule has 2 heterocycles. The summed E-state index contributed by atoms with van der Waals surface area (Å²) in [6.07, 6.45) is 5.55. The molecule has 1 atom stereocenters. The molecular weight excluding hydrogens is 214 g/mol. The van der Waals surface area contributed by atoms with Crippen LogP contribution < -0.4 is 0 Å². The number of aryl methyl sites for hydroxylation is 2. The number of nitrogens with zero attached hydrogens (tertiary/aromatic N) is 3. The third kappa shape index (κ3) is 2.36. The molecule has 2 rings (SSSR count). The minimum Gasteiger partial charge on any atom is -0.382 e. The van der Waals surface area contributed by atoms with E-state index >= 15 is 0 Å². The van der Waals surface area contributed by atoms with Crippen LogP contribution in [-0.2, 0) is 6.54 Å². The van der Waals surface area contributed by atoms with Gasteiger partial charge in [0, 0.05) is 25.1 Å². The quantitative estimate of drug-likeness (QED) is 0.876. The molecule has 0 aromatic carbocycles. The van der Waals surface area contributed by atoms with Crippen molar-refractivity contribution in [2.24, 2.45) is 0 Å². The topological polar surface area (TPSA) is 50.9 Å². The van der Waals surface area contributed by atoms with Crippen LogP contribution in [0.2, 0.25) is 0 Å². The van der Waals surface area contributed by atoms with E-state index in [0.717, 1.165) is 29.8 Å². The van der Waals surface area contributed by atoms with Crippen molar-refractivity contribution >= 4 is 0 Å². The van der Waals surface area contributed by atoms with E-state index in [2.05, 4.69) is 17.0 Å². The van der Waals surface area contributed by atoms with Crippen molar-refractivity contribution in [3.63, 3.8) is 0 Å². The predicted molar refractivity (Wildman–Crippen MR) is 65.6 cm³/mol. The number of aliphatic hydroxyl groups is 1. The molecule has 2 aromatic rings. The molecule has 1 N–H and O–H groups in total. The summed E-state index contributed by atoms with van der Waals surface area (Å²) in [5.41, 5.74) is 2.71. The summed E-state index contributed by atoms with van der Waals surface area (Å²) in [7, 11) is 0. The van der Waals surface area contributed by atoms with Crippen LogP contribution in [0.4, 0.5) is 0 Å². The smallest absolute Gasteiger partial charge is 0.121 e. The largest absolute Gasteiger partial charge is 0.382 e. The van der Waals surface area contributed by atoms with Crippen molar-refractivity contribution in [3.8, 4) is 0 Å². The van der Waals surface area contributed by atoms with Gasteiger partial charge in [0.2, 0.25) is 0 Å². The lowest BCUT2D eigenvalue weighted by molar-refractivity contribution is 0.206. The summed E-state index contributed by atoms with van der Waals surface area (Å²) < 4.78 is 1.85. The van der Waals surface area contributed by atoms with Gasteiger partial charge in [-0.1, -0.05) is 6.92 Å². The van der Waals surface area contributed by atoms with Gasteiger partial charge in [-0.25, -0.2) is 0 Å². The molecule has 0 fully saturated rings. The number of hydrogen-bond donors (Lipinski definition) is 1. The molecule has 2 aromatic heterocycles. The Balaban J connectivity index is 2.34. The molecule has 0 aliphatic heterocycles. The maximum absolute atomic E-state index is 10.4. The van der Waals surface area contributed by atoms with Gasteiger partial charge in [0.05, 0.1) is 5.69 Å².